The van der Waals surface area contributed by atoms with Crippen molar-refractivity contribution in [1.82, 2.24) is 10.2 Å². The van der Waals surface area contributed by atoms with Crippen molar-refractivity contribution < 1.29 is 4.79 Å². The largest absolute Gasteiger partial charge is 0.372 e. The molecular formula is C20H26N4O. The number of piperidine rings is 1. The lowest BCUT2D eigenvalue weighted by Gasteiger charge is -2.29. The molecule has 4 rings (SSSR count). The van der Waals surface area contributed by atoms with E-state index in [2.05, 4.69) is 44.7 Å². The smallest absolute Gasteiger partial charge is 0.232 e. The number of rotatable bonds is 5. The lowest BCUT2D eigenvalue weighted by atomic mass is 9.99. The maximum absolute atomic E-state index is 12.5. The molecule has 25 heavy (non-hydrogen) atoms. The summed E-state index contributed by atoms with van der Waals surface area (Å²) in [6, 6.07) is 10.4. The number of benzene rings is 1. The lowest BCUT2D eigenvalue weighted by molar-refractivity contribution is -0.117. The summed E-state index contributed by atoms with van der Waals surface area (Å²) in [6.45, 7) is 4.22. The second kappa shape index (κ2) is 6.90. The molecule has 2 fully saturated rings. The Morgan fingerprint density at radius 1 is 1.20 bits per heavy atom. The number of aromatic amines is 1. The summed E-state index contributed by atoms with van der Waals surface area (Å²) in [5.74, 6) is 1.03. The first-order chi connectivity index (χ1) is 12.2. The predicted octanol–water partition coefficient (Wildman–Crippen LogP) is 4.02. The molecule has 2 N–H and O–H groups in total. The quantitative estimate of drug-likeness (QED) is 0.865. The van der Waals surface area contributed by atoms with Crippen LogP contribution in [0.4, 0.5) is 11.5 Å². The molecule has 1 saturated carbocycles. The average Bonchev–Trinajstić information content (AvgIpc) is 3.41. The highest BCUT2D eigenvalue weighted by Gasteiger charge is 2.26. The number of carbonyl (C=O) groups is 1. The fourth-order valence-electron chi connectivity index (χ4n) is 3.52. The topological polar surface area (TPSA) is 61.0 Å². The Balaban J connectivity index is 1.38. The Bertz CT molecular complexity index is 726. The van der Waals surface area contributed by atoms with E-state index < -0.39 is 0 Å². The molecule has 2 aromatic rings. The highest BCUT2D eigenvalue weighted by atomic mass is 16.1. The number of nitrogens with one attached hydrogen (secondary N) is 2. The molecule has 2 heterocycles. The summed E-state index contributed by atoms with van der Waals surface area (Å²) in [7, 11) is 0. The summed E-state index contributed by atoms with van der Waals surface area (Å²) in [5.41, 5.74) is 3.43. The van der Waals surface area contributed by atoms with E-state index in [1.54, 1.807) is 0 Å². The molecule has 0 bridgehead atoms. The zero-order valence-corrected chi connectivity index (χ0v) is 14.8. The third kappa shape index (κ3) is 3.70. The third-order valence-electron chi connectivity index (χ3n) is 5.37. The molecule has 0 spiro atoms. The highest BCUT2D eigenvalue weighted by Crippen LogP contribution is 2.39. The second-order valence-electron chi connectivity index (χ2n) is 7.33. The van der Waals surface area contributed by atoms with E-state index in [0.717, 1.165) is 24.3 Å². The van der Waals surface area contributed by atoms with Gasteiger partial charge in [0.05, 0.1) is 5.92 Å². The normalized spacial score (nSPS) is 18.8. The van der Waals surface area contributed by atoms with Crippen LogP contribution in [0, 0.1) is 0 Å². The van der Waals surface area contributed by atoms with E-state index in [-0.39, 0.29) is 11.8 Å². The molecule has 5 heteroatoms. The summed E-state index contributed by atoms with van der Waals surface area (Å²) < 4.78 is 0. The first-order valence-corrected chi connectivity index (χ1v) is 9.42. The van der Waals surface area contributed by atoms with Crippen molar-refractivity contribution in [1.29, 1.82) is 0 Å². The van der Waals surface area contributed by atoms with Crippen LogP contribution >= 0.6 is 0 Å². The van der Waals surface area contributed by atoms with Gasteiger partial charge >= 0.3 is 0 Å². The molecule has 1 aromatic carbocycles. The SMILES string of the molecule is CC(C(=O)Nc1cc(C2CC2)[nH]n1)c1ccc(N2CCCCC2)cc1. The Morgan fingerprint density at radius 3 is 2.60 bits per heavy atom. The van der Waals surface area contributed by atoms with Crippen LogP contribution in [-0.4, -0.2) is 29.2 Å². The van der Waals surface area contributed by atoms with Crippen molar-refractivity contribution in [3.8, 4) is 0 Å². The number of hydrogen-bond acceptors (Lipinski definition) is 3. The van der Waals surface area contributed by atoms with E-state index in [1.807, 2.05) is 13.0 Å². The van der Waals surface area contributed by atoms with Gasteiger partial charge in [-0.3, -0.25) is 9.89 Å². The van der Waals surface area contributed by atoms with Gasteiger partial charge in [0.25, 0.3) is 0 Å². The fourth-order valence-corrected chi connectivity index (χ4v) is 3.52. The molecule has 1 unspecified atom stereocenters. The van der Waals surface area contributed by atoms with Crippen molar-refractivity contribution in [3.63, 3.8) is 0 Å². The standard InChI is InChI=1S/C20H26N4O/c1-14(20(25)21-19-13-18(22-23-19)16-5-6-16)15-7-9-17(10-8-15)24-11-3-2-4-12-24/h7-10,13-14,16H,2-6,11-12H2,1H3,(H2,21,22,23,25). The Hall–Kier alpha value is -2.30. The minimum absolute atomic E-state index is 0.0143. The van der Waals surface area contributed by atoms with Gasteiger partial charge in [0, 0.05) is 36.5 Å². The minimum atomic E-state index is -0.198. The molecule has 1 aliphatic heterocycles. The van der Waals surface area contributed by atoms with Gasteiger partial charge in [-0.1, -0.05) is 12.1 Å². The maximum atomic E-state index is 12.5. The van der Waals surface area contributed by atoms with E-state index in [9.17, 15) is 4.79 Å². The first-order valence-electron chi connectivity index (χ1n) is 9.42. The Kier molecular flexibility index (Phi) is 4.47. The zero-order valence-electron chi connectivity index (χ0n) is 14.8. The van der Waals surface area contributed by atoms with Gasteiger partial charge in [-0.25, -0.2) is 0 Å². The summed E-state index contributed by atoms with van der Waals surface area (Å²) in [6.07, 6.45) is 6.31. The van der Waals surface area contributed by atoms with Gasteiger partial charge in [0.1, 0.15) is 0 Å². The van der Waals surface area contributed by atoms with Gasteiger partial charge < -0.3 is 10.2 Å². The molecule has 5 nitrogen and oxygen atoms in total. The zero-order chi connectivity index (χ0) is 17.2. The van der Waals surface area contributed by atoms with Crippen LogP contribution < -0.4 is 10.2 Å². The van der Waals surface area contributed by atoms with Crippen LogP contribution in [0.25, 0.3) is 0 Å². The van der Waals surface area contributed by atoms with Gasteiger partial charge in [-0.2, -0.15) is 5.10 Å². The molecule has 132 valence electrons. The van der Waals surface area contributed by atoms with Crippen molar-refractivity contribution >= 4 is 17.4 Å². The van der Waals surface area contributed by atoms with Crippen molar-refractivity contribution in [2.75, 3.05) is 23.3 Å². The molecular weight excluding hydrogens is 312 g/mol. The number of H-pyrrole nitrogens is 1. The summed E-state index contributed by atoms with van der Waals surface area (Å²) >= 11 is 0. The van der Waals surface area contributed by atoms with E-state index >= 15 is 0 Å². The van der Waals surface area contributed by atoms with Crippen LogP contribution in [-0.2, 0) is 4.79 Å². The number of carbonyl (C=O) groups excluding carboxylic acids is 1. The van der Waals surface area contributed by atoms with Crippen molar-refractivity contribution in [3.05, 3.63) is 41.6 Å². The number of aromatic nitrogens is 2. The average molecular weight is 338 g/mol. The molecule has 2 aliphatic rings. The number of anilines is 2. The lowest BCUT2D eigenvalue weighted by Crippen LogP contribution is -2.29. The van der Waals surface area contributed by atoms with Crippen LogP contribution in [0.5, 0.6) is 0 Å². The molecule has 1 aromatic heterocycles. The summed E-state index contributed by atoms with van der Waals surface area (Å²) in [4.78, 5) is 15.0. The maximum Gasteiger partial charge on any atom is 0.232 e. The minimum Gasteiger partial charge on any atom is -0.372 e. The predicted molar refractivity (Wildman–Crippen MR) is 100 cm³/mol. The van der Waals surface area contributed by atoms with Crippen LogP contribution in [0.2, 0.25) is 0 Å². The molecule has 1 atom stereocenters. The molecule has 1 amide bonds. The van der Waals surface area contributed by atoms with E-state index in [0.29, 0.717) is 11.7 Å². The van der Waals surface area contributed by atoms with Gasteiger partial charge in [0.2, 0.25) is 5.91 Å². The molecule has 0 radical (unpaired) electrons. The van der Waals surface area contributed by atoms with Crippen LogP contribution in [0.15, 0.2) is 30.3 Å². The molecule has 1 saturated heterocycles. The molecule has 1 aliphatic carbocycles. The Morgan fingerprint density at radius 2 is 1.92 bits per heavy atom. The number of hydrogen-bond donors (Lipinski definition) is 2. The second-order valence-corrected chi connectivity index (χ2v) is 7.33. The van der Waals surface area contributed by atoms with Crippen molar-refractivity contribution in [2.45, 2.75) is 50.9 Å². The number of nitrogens with zero attached hydrogens (tertiary/aromatic N) is 2. The first kappa shape index (κ1) is 16.2. The monoisotopic (exact) mass is 338 g/mol. The van der Waals surface area contributed by atoms with Crippen LogP contribution in [0.3, 0.4) is 0 Å². The van der Waals surface area contributed by atoms with Gasteiger partial charge in [0.15, 0.2) is 5.82 Å². The fraction of sp³-hybridized carbons (Fsp3) is 0.500. The summed E-state index contributed by atoms with van der Waals surface area (Å²) in [5, 5.41) is 10.2. The van der Waals surface area contributed by atoms with E-state index in [1.165, 1.54) is 37.8 Å². The van der Waals surface area contributed by atoms with Gasteiger partial charge in [-0.05, 0) is 56.7 Å². The van der Waals surface area contributed by atoms with Crippen LogP contribution in [0.1, 0.15) is 62.1 Å². The van der Waals surface area contributed by atoms with Crippen molar-refractivity contribution in [2.24, 2.45) is 0 Å². The Labute approximate surface area is 148 Å². The highest BCUT2D eigenvalue weighted by molar-refractivity contribution is 5.94. The number of amides is 1. The van der Waals surface area contributed by atoms with E-state index in [4.69, 9.17) is 0 Å². The van der Waals surface area contributed by atoms with Gasteiger partial charge in [-0.15, -0.1) is 0 Å². The third-order valence-corrected chi connectivity index (χ3v) is 5.37.